The summed E-state index contributed by atoms with van der Waals surface area (Å²) >= 11 is 0. The van der Waals surface area contributed by atoms with E-state index in [1.54, 1.807) is 13.8 Å². The summed E-state index contributed by atoms with van der Waals surface area (Å²) in [6.45, 7) is 4.20. The number of likely N-dealkylation sites (tertiary alicyclic amines) is 1. The number of carboxylic acid groups (broad SMARTS) is 1. The van der Waals surface area contributed by atoms with Crippen LogP contribution in [0.25, 0.3) is 0 Å². The Hall–Kier alpha value is -3.62. The average Bonchev–Trinajstić information content (AvgIpc) is 3.30. The third-order valence-electron chi connectivity index (χ3n) is 5.93. The molecule has 1 rings (SSSR count). The van der Waals surface area contributed by atoms with Crippen molar-refractivity contribution in [1.29, 1.82) is 0 Å². The van der Waals surface area contributed by atoms with Crippen LogP contribution < -0.4 is 39.3 Å². The highest BCUT2D eigenvalue weighted by Gasteiger charge is 2.39. The molecule has 1 aliphatic rings. The van der Waals surface area contributed by atoms with E-state index in [9.17, 15) is 24.3 Å². The molecule has 1 heterocycles. The van der Waals surface area contributed by atoms with Gasteiger partial charge in [0, 0.05) is 19.6 Å². The Balaban J connectivity index is 2.94. The molecule has 1 saturated heterocycles. The van der Waals surface area contributed by atoms with E-state index >= 15 is 0 Å². The van der Waals surface area contributed by atoms with E-state index < -0.39 is 47.9 Å². The molecule has 0 aromatic heterocycles. The van der Waals surface area contributed by atoms with Crippen LogP contribution in [0, 0.1) is 5.92 Å². The van der Waals surface area contributed by atoms with Crippen molar-refractivity contribution in [2.24, 2.45) is 44.6 Å². The highest BCUT2D eigenvalue weighted by Crippen LogP contribution is 2.20. The van der Waals surface area contributed by atoms with Crippen LogP contribution in [0.2, 0.25) is 0 Å². The molecular formula is C22H42N10O5. The minimum atomic E-state index is -1.15. The van der Waals surface area contributed by atoms with Gasteiger partial charge in [0.25, 0.3) is 0 Å². The van der Waals surface area contributed by atoms with Gasteiger partial charge in [-0.15, -0.1) is 0 Å². The van der Waals surface area contributed by atoms with Gasteiger partial charge in [-0.25, -0.2) is 4.79 Å². The number of nitrogens with one attached hydrogen (secondary N) is 2. The highest BCUT2D eigenvalue weighted by molar-refractivity contribution is 5.94. The van der Waals surface area contributed by atoms with E-state index in [4.69, 9.17) is 28.7 Å². The number of carboxylic acids is 1. The van der Waals surface area contributed by atoms with Gasteiger partial charge in [-0.05, 0) is 44.4 Å². The molecule has 1 aliphatic heterocycles. The smallest absolute Gasteiger partial charge is 0.326 e. The summed E-state index contributed by atoms with van der Waals surface area (Å²) in [4.78, 5) is 59.8. The Kier molecular flexibility index (Phi) is 13.1. The van der Waals surface area contributed by atoms with Crippen LogP contribution in [-0.2, 0) is 19.2 Å². The molecule has 15 nitrogen and oxygen atoms in total. The van der Waals surface area contributed by atoms with Gasteiger partial charge >= 0.3 is 5.97 Å². The highest BCUT2D eigenvalue weighted by atomic mass is 16.4. The predicted molar refractivity (Wildman–Crippen MR) is 139 cm³/mol. The van der Waals surface area contributed by atoms with Crippen molar-refractivity contribution in [3.05, 3.63) is 0 Å². The molecule has 15 heteroatoms. The Morgan fingerprint density at radius 3 is 2.05 bits per heavy atom. The monoisotopic (exact) mass is 526 g/mol. The molecule has 13 N–H and O–H groups in total. The van der Waals surface area contributed by atoms with Crippen LogP contribution in [0.3, 0.4) is 0 Å². The van der Waals surface area contributed by atoms with Crippen molar-refractivity contribution in [2.45, 2.75) is 76.5 Å². The van der Waals surface area contributed by atoms with Crippen LogP contribution in [0.4, 0.5) is 0 Å². The average molecular weight is 527 g/mol. The third-order valence-corrected chi connectivity index (χ3v) is 5.93. The summed E-state index contributed by atoms with van der Waals surface area (Å²) in [5, 5.41) is 14.6. The molecule has 0 saturated carbocycles. The summed E-state index contributed by atoms with van der Waals surface area (Å²) in [6, 6.07) is -3.81. The number of aliphatic carboxylic acids is 1. The van der Waals surface area contributed by atoms with Crippen LogP contribution in [0.5, 0.6) is 0 Å². The van der Waals surface area contributed by atoms with Crippen LogP contribution in [-0.4, -0.2) is 89.4 Å². The maximum absolute atomic E-state index is 13.5. The maximum atomic E-state index is 13.5. The van der Waals surface area contributed by atoms with Gasteiger partial charge in [0.2, 0.25) is 17.7 Å². The standard InChI is InChI=1S/C22H42N10O5/c1-12(2)16(20(36)37)31-18(34)15-8-5-11-32(15)19(35)14(7-4-10-29-22(26)27)30-17(33)13(23)6-3-9-28-21(24)25/h12-16H,3-11,23H2,1-2H3,(H,30,33)(H,31,34)(H,36,37)(H4,24,25,28)(H4,26,27,29). The Labute approximate surface area is 216 Å². The molecule has 0 aromatic rings. The molecule has 4 atom stereocenters. The first-order valence-corrected chi connectivity index (χ1v) is 12.4. The first-order chi connectivity index (χ1) is 17.3. The van der Waals surface area contributed by atoms with Gasteiger partial charge in [-0.2, -0.15) is 0 Å². The topological polar surface area (TPSA) is 271 Å². The van der Waals surface area contributed by atoms with Crippen LogP contribution in [0.15, 0.2) is 9.98 Å². The molecule has 4 unspecified atom stereocenters. The van der Waals surface area contributed by atoms with E-state index in [1.165, 1.54) is 4.90 Å². The van der Waals surface area contributed by atoms with Crippen molar-refractivity contribution < 1.29 is 24.3 Å². The molecule has 210 valence electrons. The van der Waals surface area contributed by atoms with Crippen LogP contribution in [0.1, 0.15) is 52.4 Å². The number of aliphatic imine (C=N–C) groups is 2. The first kappa shape index (κ1) is 31.4. The van der Waals surface area contributed by atoms with Gasteiger partial charge < -0.3 is 49.3 Å². The molecule has 0 bridgehead atoms. The van der Waals surface area contributed by atoms with Gasteiger partial charge in [-0.3, -0.25) is 24.4 Å². The fraction of sp³-hybridized carbons (Fsp3) is 0.727. The van der Waals surface area contributed by atoms with Crippen LogP contribution >= 0.6 is 0 Å². The van der Waals surface area contributed by atoms with Crippen molar-refractivity contribution in [2.75, 3.05) is 19.6 Å². The molecule has 0 radical (unpaired) electrons. The lowest BCUT2D eigenvalue weighted by Crippen LogP contribution is -2.57. The fourth-order valence-electron chi connectivity index (χ4n) is 3.96. The summed E-state index contributed by atoms with van der Waals surface area (Å²) in [5.74, 6) is -3.19. The van der Waals surface area contributed by atoms with E-state index in [2.05, 4.69) is 20.6 Å². The summed E-state index contributed by atoms with van der Waals surface area (Å²) in [6.07, 6.45) is 2.27. The summed E-state index contributed by atoms with van der Waals surface area (Å²) < 4.78 is 0. The second kappa shape index (κ2) is 15.5. The van der Waals surface area contributed by atoms with Gasteiger partial charge in [0.05, 0.1) is 6.04 Å². The number of guanidine groups is 2. The van der Waals surface area contributed by atoms with Crippen molar-refractivity contribution in [3.63, 3.8) is 0 Å². The predicted octanol–water partition coefficient (Wildman–Crippen LogP) is -2.88. The lowest BCUT2D eigenvalue weighted by atomic mass is 10.0. The largest absolute Gasteiger partial charge is 0.480 e. The van der Waals surface area contributed by atoms with E-state index in [0.29, 0.717) is 38.8 Å². The minimum Gasteiger partial charge on any atom is -0.480 e. The number of rotatable bonds is 15. The van der Waals surface area contributed by atoms with E-state index in [-0.39, 0.29) is 37.2 Å². The Bertz CT molecular complexity index is 855. The number of hydrogen-bond donors (Lipinski definition) is 8. The van der Waals surface area contributed by atoms with Crippen molar-refractivity contribution >= 4 is 35.6 Å². The molecular weight excluding hydrogens is 484 g/mol. The Morgan fingerprint density at radius 2 is 1.54 bits per heavy atom. The zero-order valence-corrected chi connectivity index (χ0v) is 21.6. The Morgan fingerprint density at radius 1 is 0.973 bits per heavy atom. The number of amides is 3. The number of hydrogen-bond acceptors (Lipinski definition) is 7. The second-order valence-corrected chi connectivity index (χ2v) is 9.32. The number of carbonyl (C=O) groups is 4. The molecule has 0 aliphatic carbocycles. The van der Waals surface area contributed by atoms with Crippen molar-refractivity contribution in [1.82, 2.24) is 15.5 Å². The SMILES string of the molecule is CC(C)C(NC(=O)C1CCCN1C(=O)C(CCCN=C(N)N)NC(=O)C(N)CCCN=C(N)N)C(=O)O. The molecule has 1 fully saturated rings. The minimum absolute atomic E-state index is 0.0586. The summed E-state index contributed by atoms with van der Waals surface area (Å²) in [7, 11) is 0. The van der Waals surface area contributed by atoms with Gasteiger partial charge in [0.15, 0.2) is 11.9 Å². The molecule has 37 heavy (non-hydrogen) atoms. The number of nitrogens with zero attached hydrogens (tertiary/aromatic N) is 3. The zero-order chi connectivity index (χ0) is 28.1. The van der Waals surface area contributed by atoms with Crippen molar-refractivity contribution in [3.8, 4) is 0 Å². The third kappa shape index (κ3) is 10.9. The van der Waals surface area contributed by atoms with E-state index in [0.717, 1.165) is 0 Å². The number of nitrogens with two attached hydrogens (primary N) is 5. The molecule has 3 amide bonds. The van der Waals surface area contributed by atoms with E-state index in [1.807, 2.05) is 0 Å². The molecule has 0 aromatic carbocycles. The lowest BCUT2D eigenvalue weighted by molar-refractivity contribution is -0.145. The first-order valence-electron chi connectivity index (χ1n) is 12.4. The fourth-order valence-corrected chi connectivity index (χ4v) is 3.96. The second-order valence-electron chi connectivity index (χ2n) is 9.32. The quantitative estimate of drug-likeness (QED) is 0.0613. The lowest BCUT2D eigenvalue weighted by Gasteiger charge is -2.30. The van der Waals surface area contributed by atoms with Gasteiger partial charge in [-0.1, -0.05) is 13.8 Å². The van der Waals surface area contributed by atoms with Gasteiger partial charge in [0.1, 0.15) is 18.1 Å². The number of carbonyl (C=O) groups excluding carboxylic acids is 3. The zero-order valence-electron chi connectivity index (χ0n) is 21.6. The summed E-state index contributed by atoms with van der Waals surface area (Å²) in [5.41, 5.74) is 27.3. The normalized spacial score (nSPS) is 17.4. The molecule has 0 spiro atoms. The maximum Gasteiger partial charge on any atom is 0.326 e.